The summed E-state index contributed by atoms with van der Waals surface area (Å²) in [4.78, 5) is 22.4. The van der Waals surface area contributed by atoms with Crippen molar-refractivity contribution in [3.63, 3.8) is 0 Å². The average Bonchev–Trinajstić information content (AvgIpc) is 2.95. The fourth-order valence-corrected chi connectivity index (χ4v) is 1.75. The molecule has 92 valence electrons. The molecule has 6 heteroatoms. The van der Waals surface area contributed by atoms with Gasteiger partial charge in [-0.1, -0.05) is 5.16 Å². The number of aromatic nitrogens is 1. The van der Waals surface area contributed by atoms with E-state index in [2.05, 4.69) is 15.0 Å². The van der Waals surface area contributed by atoms with E-state index in [4.69, 9.17) is 5.11 Å². The topological polar surface area (TPSA) is 92.4 Å². The molecule has 17 heavy (non-hydrogen) atoms. The number of hydrogen-bond donors (Lipinski definition) is 2. The first-order valence-electron chi connectivity index (χ1n) is 5.42. The van der Waals surface area contributed by atoms with Gasteiger partial charge in [0.2, 0.25) is 5.76 Å². The fraction of sp³-hybridized carbons (Fsp3) is 0.545. The number of carboxylic acids is 1. The Morgan fingerprint density at radius 1 is 1.53 bits per heavy atom. The third kappa shape index (κ3) is 2.46. The van der Waals surface area contributed by atoms with E-state index in [9.17, 15) is 9.59 Å². The molecule has 0 saturated heterocycles. The first kappa shape index (κ1) is 11.6. The number of rotatable bonds is 4. The third-order valence-electron chi connectivity index (χ3n) is 2.99. The highest BCUT2D eigenvalue weighted by Gasteiger charge is 2.39. The van der Waals surface area contributed by atoms with E-state index in [1.54, 1.807) is 0 Å². The normalized spacial score (nSPS) is 15.6. The Labute approximate surface area is 98.0 Å². The van der Waals surface area contributed by atoms with E-state index >= 15 is 0 Å². The van der Waals surface area contributed by atoms with Crippen molar-refractivity contribution in [3.05, 3.63) is 17.5 Å². The molecule has 1 fully saturated rings. The van der Waals surface area contributed by atoms with Gasteiger partial charge in [-0.2, -0.15) is 0 Å². The number of aromatic carboxylic acids is 1. The summed E-state index contributed by atoms with van der Waals surface area (Å²) in [6, 6.07) is 1.13. The maximum absolute atomic E-state index is 11.8. The summed E-state index contributed by atoms with van der Waals surface area (Å²) in [6.45, 7) is 3.89. The SMILES string of the molecule is CC(C)(NC(=O)c1cc(C(=O)O)on1)C1CC1. The minimum absolute atomic E-state index is 0.00359. The summed E-state index contributed by atoms with van der Waals surface area (Å²) >= 11 is 0. The van der Waals surface area contributed by atoms with Crippen LogP contribution in [0.4, 0.5) is 0 Å². The molecule has 2 N–H and O–H groups in total. The van der Waals surface area contributed by atoms with Gasteiger partial charge in [-0.15, -0.1) is 0 Å². The molecular formula is C11H14N2O4. The largest absolute Gasteiger partial charge is 0.475 e. The highest BCUT2D eigenvalue weighted by atomic mass is 16.5. The Hall–Kier alpha value is -1.85. The molecule has 0 radical (unpaired) electrons. The van der Waals surface area contributed by atoms with Crippen LogP contribution in [-0.4, -0.2) is 27.7 Å². The third-order valence-corrected chi connectivity index (χ3v) is 2.99. The highest BCUT2D eigenvalue weighted by Crippen LogP contribution is 2.39. The second-order valence-corrected chi connectivity index (χ2v) is 4.83. The molecule has 1 heterocycles. The molecule has 1 aliphatic carbocycles. The van der Waals surface area contributed by atoms with Crippen LogP contribution in [0.15, 0.2) is 10.6 Å². The smallest absolute Gasteiger partial charge is 0.374 e. The predicted octanol–water partition coefficient (Wildman–Crippen LogP) is 1.29. The molecule has 1 aromatic rings. The van der Waals surface area contributed by atoms with Crippen LogP contribution in [-0.2, 0) is 0 Å². The zero-order valence-corrected chi connectivity index (χ0v) is 9.69. The Morgan fingerprint density at radius 3 is 2.65 bits per heavy atom. The highest BCUT2D eigenvalue weighted by molar-refractivity contribution is 5.95. The van der Waals surface area contributed by atoms with Crippen LogP contribution < -0.4 is 5.32 Å². The molecule has 1 saturated carbocycles. The summed E-state index contributed by atoms with van der Waals surface area (Å²) in [5.74, 6) is -1.49. The van der Waals surface area contributed by atoms with Crippen LogP contribution in [0.3, 0.4) is 0 Å². The van der Waals surface area contributed by atoms with Crippen molar-refractivity contribution in [2.75, 3.05) is 0 Å². The molecule has 1 aromatic heterocycles. The van der Waals surface area contributed by atoms with Crippen molar-refractivity contribution in [1.29, 1.82) is 0 Å². The Morgan fingerprint density at radius 2 is 2.18 bits per heavy atom. The molecule has 0 spiro atoms. The van der Waals surface area contributed by atoms with E-state index in [1.807, 2.05) is 13.8 Å². The first-order chi connectivity index (χ1) is 7.90. The quantitative estimate of drug-likeness (QED) is 0.824. The van der Waals surface area contributed by atoms with E-state index < -0.39 is 11.9 Å². The van der Waals surface area contributed by atoms with Crippen LogP contribution in [0.2, 0.25) is 0 Å². The summed E-state index contributed by atoms with van der Waals surface area (Å²) in [5, 5.41) is 14.9. The maximum Gasteiger partial charge on any atom is 0.374 e. The number of carbonyl (C=O) groups excluding carboxylic acids is 1. The molecule has 0 aromatic carbocycles. The summed E-state index contributed by atoms with van der Waals surface area (Å²) in [7, 11) is 0. The molecule has 0 unspecified atom stereocenters. The van der Waals surface area contributed by atoms with E-state index in [0.717, 1.165) is 18.9 Å². The van der Waals surface area contributed by atoms with Gasteiger partial charge in [0.05, 0.1) is 0 Å². The van der Waals surface area contributed by atoms with Crippen molar-refractivity contribution in [2.45, 2.75) is 32.2 Å². The van der Waals surface area contributed by atoms with Gasteiger partial charge in [0.15, 0.2) is 5.69 Å². The van der Waals surface area contributed by atoms with Crippen LogP contribution in [0.25, 0.3) is 0 Å². The molecule has 6 nitrogen and oxygen atoms in total. The number of amides is 1. The van der Waals surface area contributed by atoms with E-state index in [0.29, 0.717) is 5.92 Å². The van der Waals surface area contributed by atoms with Crippen molar-refractivity contribution in [3.8, 4) is 0 Å². The van der Waals surface area contributed by atoms with Crippen molar-refractivity contribution < 1.29 is 19.2 Å². The van der Waals surface area contributed by atoms with Gasteiger partial charge in [0.1, 0.15) is 0 Å². The number of hydrogen-bond acceptors (Lipinski definition) is 4. The van der Waals surface area contributed by atoms with Gasteiger partial charge in [-0.3, -0.25) is 4.79 Å². The summed E-state index contributed by atoms with van der Waals surface area (Å²) in [5.41, 5.74) is -0.296. The zero-order chi connectivity index (χ0) is 12.6. The molecule has 0 bridgehead atoms. The number of nitrogens with one attached hydrogen (secondary N) is 1. The van der Waals surface area contributed by atoms with E-state index in [1.165, 1.54) is 0 Å². The van der Waals surface area contributed by atoms with E-state index in [-0.39, 0.29) is 17.0 Å². The lowest BCUT2D eigenvalue weighted by Crippen LogP contribution is -2.45. The zero-order valence-electron chi connectivity index (χ0n) is 9.69. The van der Waals surface area contributed by atoms with Gasteiger partial charge in [0.25, 0.3) is 5.91 Å². The number of carboxylic acid groups (broad SMARTS) is 1. The first-order valence-corrected chi connectivity index (χ1v) is 5.42. The van der Waals surface area contributed by atoms with Crippen LogP contribution in [0.1, 0.15) is 47.7 Å². The Bertz CT molecular complexity index is 460. The number of carbonyl (C=O) groups is 2. The van der Waals surface area contributed by atoms with Crippen molar-refractivity contribution in [1.82, 2.24) is 10.5 Å². The van der Waals surface area contributed by atoms with Crippen LogP contribution in [0.5, 0.6) is 0 Å². The van der Waals surface area contributed by atoms with Gasteiger partial charge in [-0.25, -0.2) is 4.79 Å². The van der Waals surface area contributed by atoms with Gasteiger partial charge < -0.3 is 14.9 Å². The van der Waals surface area contributed by atoms with Crippen LogP contribution in [0, 0.1) is 5.92 Å². The molecule has 1 aliphatic rings. The van der Waals surface area contributed by atoms with Gasteiger partial charge in [0, 0.05) is 11.6 Å². The molecule has 0 aliphatic heterocycles. The number of nitrogens with zero attached hydrogens (tertiary/aromatic N) is 1. The second kappa shape index (κ2) is 3.87. The average molecular weight is 238 g/mol. The lowest BCUT2D eigenvalue weighted by atomic mass is 9.98. The molecule has 1 amide bonds. The van der Waals surface area contributed by atoms with Crippen LogP contribution >= 0.6 is 0 Å². The Balaban J connectivity index is 2.06. The standard InChI is InChI=1S/C11H14N2O4/c1-11(2,6-3-4-6)12-9(14)7-5-8(10(15)16)17-13-7/h5-6H,3-4H2,1-2H3,(H,12,14)(H,15,16). The predicted molar refractivity (Wildman–Crippen MR) is 57.7 cm³/mol. The molecule has 0 atom stereocenters. The second-order valence-electron chi connectivity index (χ2n) is 4.83. The Kier molecular flexibility index (Phi) is 2.65. The fourth-order valence-electron chi connectivity index (χ4n) is 1.75. The summed E-state index contributed by atoms with van der Waals surface area (Å²) < 4.78 is 4.53. The summed E-state index contributed by atoms with van der Waals surface area (Å²) in [6.07, 6.45) is 2.21. The minimum Gasteiger partial charge on any atom is -0.475 e. The van der Waals surface area contributed by atoms with Gasteiger partial charge in [-0.05, 0) is 32.6 Å². The minimum atomic E-state index is -1.24. The lowest BCUT2D eigenvalue weighted by molar-refractivity contribution is 0.0650. The van der Waals surface area contributed by atoms with Gasteiger partial charge >= 0.3 is 5.97 Å². The lowest BCUT2D eigenvalue weighted by Gasteiger charge is -2.25. The monoisotopic (exact) mass is 238 g/mol. The maximum atomic E-state index is 11.8. The molecular weight excluding hydrogens is 224 g/mol. The van der Waals surface area contributed by atoms with Crippen molar-refractivity contribution >= 4 is 11.9 Å². The van der Waals surface area contributed by atoms with Crippen molar-refractivity contribution in [2.24, 2.45) is 5.92 Å². The molecule has 2 rings (SSSR count).